The minimum Gasteiger partial charge on any atom is -0.382 e. The number of ether oxygens (including phenoxy) is 2. The Balaban J connectivity index is 0.991. The van der Waals surface area contributed by atoms with E-state index in [4.69, 9.17) is 20.2 Å². The van der Waals surface area contributed by atoms with E-state index in [1.54, 1.807) is 10.6 Å². The molecule has 3 heterocycles. The normalized spacial score (nSPS) is 11.3. The number of benzene rings is 2. The molecule has 5 aromatic rings. The second-order valence-electron chi connectivity index (χ2n) is 8.74. The zero-order valence-corrected chi connectivity index (χ0v) is 21.5. The Labute approximate surface area is 225 Å². The summed E-state index contributed by atoms with van der Waals surface area (Å²) in [5.41, 5.74) is 10.3. The highest BCUT2D eigenvalue weighted by Crippen LogP contribution is 2.30. The molecule has 11 nitrogen and oxygen atoms in total. The van der Waals surface area contributed by atoms with Gasteiger partial charge in [-0.05, 0) is 18.2 Å². The summed E-state index contributed by atoms with van der Waals surface area (Å²) < 4.78 is 12.9. The first-order valence-corrected chi connectivity index (χ1v) is 12.7. The van der Waals surface area contributed by atoms with E-state index in [0.717, 1.165) is 27.5 Å². The van der Waals surface area contributed by atoms with E-state index in [9.17, 15) is 4.79 Å². The minimum atomic E-state index is -0.186. The van der Waals surface area contributed by atoms with Gasteiger partial charge < -0.3 is 30.4 Å². The number of imidazole rings is 1. The van der Waals surface area contributed by atoms with Gasteiger partial charge in [-0.25, -0.2) is 15.0 Å². The summed E-state index contributed by atoms with van der Waals surface area (Å²) in [4.78, 5) is 29.6. The Morgan fingerprint density at radius 1 is 0.923 bits per heavy atom. The third-order valence-electron chi connectivity index (χ3n) is 6.09. The highest BCUT2D eigenvalue weighted by molar-refractivity contribution is 6.07. The van der Waals surface area contributed by atoms with E-state index < -0.39 is 0 Å². The SMILES string of the molecule is C=Cc1nc(N)nc2c1ncn2CC(=O)NCCOCCOCCNc1c2ccccc2nc2ccccc12. The van der Waals surface area contributed by atoms with Crippen LogP contribution in [0.1, 0.15) is 5.69 Å². The van der Waals surface area contributed by atoms with Crippen molar-refractivity contribution >= 4 is 56.6 Å². The van der Waals surface area contributed by atoms with Crippen molar-refractivity contribution in [2.45, 2.75) is 6.54 Å². The third kappa shape index (κ3) is 6.11. The molecule has 0 atom stereocenters. The zero-order chi connectivity index (χ0) is 27.0. The molecule has 0 radical (unpaired) electrons. The molecule has 0 bridgehead atoms. The van der Waals surface area contributed by atoms with Crippen molar-refractivity contribution in [1.82, 2.24) is 29.8 Å². The molecule has 0 spiro atoms. The number of anilines is 2. The van der Waals surface area contributed by atoms with Crippen molar-refractivity contribution in [3.8, 4) is 0 Å². The number of aromatic nitrogens is 5. The van der Waals surface area contributed by atoms with Crippen molar-refractivity contribution in [2.24, 2.45) is 0 Å². The highest BCUT2D eigenvalue weighted by Gasteiger charge is 2.13. The average molecular weight is 527 g/mol. The summed E-state index contributed by atoms with van der Waals surface area (Å²) in [7, 11) is 0. The van der Waals surface area contributed by atoms with Gasteiger partial charge in [0.05, 0.1) is 55.2 Å². The second kappa shape index (κ2) is 12.3. The molecule has 0 saturated carbocycles. The molecule has 0 unspecified atom stereocenters. The summed E-state index contributed by atoms with van der Waals surface area (Å²) in [5.74, 6) is -0.0842. The maximum absolute atomic E-state index is 12.3. The van der Waals surface area contributed by atoms with Gasteiger partial charge >= 0.3 is 0 Å². The number of carbonyl (C=O) groups excluding carboxylic acids is 1. The smallest absolute Gasteiger partial charge is 0.240 e. The highest BCUT2D eigenvalue weighted by atomic mass is 16.5. The fourth-order valence-corrected chi connectivity index (χ4v) is 4.32. The number of nitrogens with one attached hydrogen (secondary N) is 2. The van der Waals surface area contributed by atoms with Gasteiger partial charge in [-0.1, -0.05) is 43.0 Å². The molecule has 11 heteroatoms. The Kier molecular flexibility index (Phi) is 8.20. The molecular formula is C28H30N8O3. The second-order valence-corrected chi connectivity index (χ2v) is 8.74. The predicted octanol–water partition coefficient (Wildman–Crippen LogP) is 3.01. The Morgan fingerprint density at radius 2 is 1.59 bits per heavy atom. The van der Waals surface area contributed by atoms with Crippen molar-refractivity contribution in [3.63, 3.8) is 0 Å². The first-order chi connectivity index (χ1) is 19.1. The average Bonchev–Trinajstić information content (AvgIpc) is 3.34. The topological polar surface area (TPSA) is 142 Å². The maximum atomic E-state index is 12.3. The molecule has 4 N–H and O–H groups in total. The van der Waals surface area contributed by atoms with Crippen LogP contribution >= 0.6 is 0 Å². The molecule has 200 valence electrons. The van der Waals surface area contributed by atoms with Crippen LogP contribution in [0.15, 0.2) is 61.4 Å². The summed E-state index contributed by atoms with van der Waals surface area (Å²) in [6, 6.07) is 16.2. The van der Waals surface area contributed by atoms with Gasteiger partial charge in [0.25, 0.3) is 0 Å². The van der Waals surface area contributed by atoms with Crippen LogP contribution < -0.4 is 16.4 Å². The van der Waals surface area contributed by atoms with Gasteiger partial charge in [-0.3, -0.25) is 4.79 Å². The first kappa shape index (κ1) is 26.0. The molecule has 3 aromatic heterocycles. The van der Waals surface area contributed by atoms with E-state index >= 15 is 0 Å². The number of pyridine rings is 1. The lowest BCUT2D eigenvalue weighted by atomic mass is 10.1. The molecule has 0 aliphatic carbocycles. The van der Waals surface area contributed by atoms with Crippen LogP contribution in [0, 0.1) is 0 Å². The number of para-hydroxylation sites is 2. The van der Waals surface area contributed by atoms with Crippen molar-refractivity contribution in [3.05, 3.63) is 67.1 Å². The van der Waals surface area contributed by atoms with Gasteiger partial charge in [0.1, 0.15) is 12.1 Å². The quantitative estimate of drug-likeness (QED) is 0.156. The number of carbonyl (C=O) groups is 1. The van der Waals surface area contributed by atoms with E-state index in [1.165, 1.54) is 6.33 Å². The molecule has 0 aliphatic heterocycles. The summed E-state index contributed by atoms with van der Waals surface area (Å²) in [5, 5.41) is 8.51. The number of hydrogen-bond donors (Lipinski definition) is 3. The summed E-state index contributed by atoms with van der Waals surface area (Å²) in [6.07, 6.45) is 3.09. The summed E-state index contributed by atoms with van der Waals surface area (Å²) in [6.45, 7) is 6.60. The minimum absolute atomic E-state index is 0.0572. The fraction of sp³-hybridized carbons (Fsp3) is 0.250. The van der Waals surface area contributed by atoms with Crippen molar-refractivity contribution in [1.29, 1.82) is 0 Å². The Hall–Kier alpha value is -4.61. The van der Waals surface area contributed by atoms with Gasteiger partial charge in [-0.15, -0.1) is 0 Å². The van der Waals surface area contributed by atoms with E-state index in [-0.39, 0.29) is 18.4 Å². The van der Waals surface area contributed by atoms with E-state index in [2.05, 4.69) is 44.3 Å². The third-order valence-corrected chi connectivity index (χ3v) is 6.09. The predicted molar refractivity (Wildman–Crippen MR) is 152 cm³/mol. The van der Waals surface area contributed by atoms with Crippen LogP contribution in [-0.4, -0.2) is 69.9 Å². The van der Waals surface area contributed by atoms with E-state index in [1.807, 2.05) is 36.4 Å². The maximum Gasteiger partial charge on any atom is 0.240 e. The van der Waals surface area contributed by atoms with Crippen molar-refractivity contribution in [2.75, 3.05) is 50.6 Å². The summed E-state index contributed by atoms with van der Waals surface area (Å²) >= 11 is 0. The number of nitrogen functional groups attached to an aromatic ring is 1. The number of hydrogen-bond acceptors (Lipinski definition) is 9. The lowest BCUT2D eigenvalue weighted by Gasteiger charge is -2.13. The van der Waals surface area contributed by atoms with Gasteiger partial charge in [0, 0.05) is 23.9 Å². The lowest BCUT2D eigenvalue weighted by molar-refractivity contribution is -0.121. The molecule has 1 amide bonds. The largest absolute Gasteiger partial charge is 0.382 e. The van der Waals surface area contributed by atoms with Crippen LogP contribution in [0.4, 0.5) is 11.6 Å². The number of amides is 1. The molecule has 39 heavy (non-hydrogen) atoms. The Morgan fingerprint density at radius 3 is 2.28 bits per heavy atom. The molecule has 5 rings (SSSR count). The number of fused-ring (bicyclic) bond motifs is 3. The van der Waals surface area contributed by atoms with Gasteiger partial charge in [-0.2, -0.15) is 4.98 Å². The monoisotopic (exact) mass is 526 g/mol. The fourth-order valence-electron chi connectivity index (χ4n) is 4.32. The van der Waals surface area contributed by atoms with Crippen LogP contribution in [0.25, 0.3) is 39.0 Å². The molecular weight excluding hydrogens is 496 g/mol. The van der Waals surface area contributed by atoms with Crippen LogP contribution in [0.2, 0.25) is 0 Å². The van der Waals surface area contributed by atoms with Crippen LogP contribution in [0.5, 0.6) is 0 Å². The number of rotatable bonds is 13. The molecule has 0 fully saturated rings. The standard InChI is InChI=1S/C28H30N8O3/c1-2-21-26-27(35-28(29)34-21)36(18-32-26)17-24(37)30-11-13-38-15-16-39-14-12-31-25-19-7-3-5-9-22(19)33-23-10-6-4-8-20(23)25/h2-10,18H,1,11-17H2,(H,30,37)(H,31,33)(H2,29,34,35). The van der Waals surface area contributed by atoms with Crippen LogP contribution in [-0.2, 0) is 20.8 Å². The zero-order valence-electron chi connectivity index (χ0n) is 21.5. The lowest BCUT2D eigenvalue weighted by Crippen LogP contribution is -2.30. The van der Waals surface area contributed by atoms with Crippen molar-refractivity contribution < 1.29 is 14.3 Å². The van der Waals surface area contributed by atoms with E-state index in [0.29, 0.717) is 56.4 Å². The van der Waals surface area contributed by atoms with Gasteiger partial charge in [0.2, 0.25) is 11.9 Å². The molecule has 0 saturated heterocycles. The number of nitrogens with zero attached hydrogens (tertiary/aromatic N) is 5. The molecule has 2 aromatic carbocycles. The number of nitrogens with two attached hydrogens (primary N) is 1. The molecule has 0 aliphatic rings. The van der Waals surface area contributed by atoms with Gasteiger partial charge in [0.15, 0.2) is 5.65 Å². The Bertz CT molecular complexity index is 1560. The first-order valence-electron chi connectivity index (χ1n) is 12.7. The van der Waals surface area contributed by atoms with Crippen LogP contribution in [0.3, 0.4) is 0 Å².